The number of benzene rings is 4. The molecule has 99 heavy (non-hydrogen) atoms. The van der Waals surface area contributed by atoms with E-state index in [1.54, 1.807) is 11.8 Å². The first-order chi connectivity index (χ1) is 47.5. The molecule has 27 nitrogen and oxygen atoms in total. The quantitative estimate of drug-likeness (QED) is 0.00872. The molecule has 2 amide bonds. The van der Waals surface area contributed by atoms with E-state index in [2.05, 4.69) is 68.6 Å². The third-order valence-corrected chi connectivity index (χ3v) is 21.4. The maximum Gasteiger partial charge on any atom is 0.294 e. The maximum atomic E-state index is 13.8. The molecule has 0 radical (unpaired) electrons. The average Bonchev–Trinajstić information content (AvgIpc) is 1.79. The van der Waals surface area contributed by atoms with E-state index in [1.807, 2.05) is 36.4 Å². The van der Waals surface area contributed by atoms with Crippen LogP contribution in [0, 0.1) is 0 Å². The third kappa shape index (κ3) is 19.3. The molecule has 5 heterocycles. The van der Waals surface area contributed by atoms with Gasteiger partial charge in [-0.3, -0.25) is 28.3 Å². The Bertz CT molecular complexity index is 4210. The summed E-state index contributed by atoms with van der Waals surface area (Å²) in [5, 5.41) is 32.4. The number of hydrogen-bond donors (Lipinski definition) is 6. The summed E-state index contributed by atoms with van der Waals surface area (Å²) in [5.41, 5.74) is 3.29. The number of carbonyl (C=O) groups is 4. The number of hydrogen-bond acceptors (Lipinski definition) is 26. The largest absolute Gasteiger partial charge is 0.372 e. The second kappa shape index (κ2) is 33.3. The Labute approximate surface area is 587 Å². The Morgan fingerprint density at radius 2 is 0.949 bits per heavy atom. The Morgan fingerprint density at radius 3 is 1.33 bits per heavy atom. The molecule has 522 valence electrons. The standard InChI is InChI=1S/C67H79N17O10S5/c1-7-81(8-2)46-28-30-53(77-79-66-72-59(83-32-16-12-17-33-83)57(96-66)40-51(42(5)85)61(87)68-44-22-20-26-49(36-44)98(89,90)91)55(38-46)70-63-74-64(76-65(75-63)95-48-24-14-11-15-25-48)71-56-39-47(82(9-3)10-4)29-31-54(56)78-80-67-73-60(84-34-18-13-19-35-84)58(97-67)41-52(43(6)86)62(88)69-45-23-21-27-50(37-45)99(92,93)94/h20-23,26-31,36-41,48H,7-19,24-25,32-35H2,1-6H3,(H,68,87)(H,69,88)(H,89,90,91)(H,92,93,94)(H2,70,71,74,75,76). The lowest BCUT2D eigenvalue weighted by Gasteiger charge is -2.27. The monoisotopic (exact) mass is 1440 g/mol. The zero-order valence-corrected chi connectivity index (χ0v) is 59.8. The summed E-state index contributed by atoms with van der Waals surface area (Å²) in [7, 11) is -9.16. The minimum atomic E-state index is -4.58. The van der Waals surface area contributed by atoms with E-state index in [0.29, 0.717) is 102 Å². The lowest BCUT2D eigenvalue weighted by Crippen LogP contribution is -2.30. The first kappa shape index (κ1) is 72.8. The molecule has 0 bridgehead atoms. The fourth-order valence-electron chi connectivity index (χ4n) is 11.6. The maximum absolute atomic E-state index is 13.8. The van der Waals surface area contributed by atoms with E-state index in [4.69, 9.17) is 45.4 Å². The molecule has 32 heteroatoms. The smallest absolute Gasteiger partial charge is 0.294 e. The van der Waals surface area contributed by atoms with Crippen LogP contribution in [0.5, 0.6) is 0 Å². The van der Waals surface area contributed by atoms with Gasteiger partial charge in [-0.2, -0.15) is 41.8 Å². The number of azo groups is 2. The zero-order valence-electron chi connectivity index (χ0n) is 55.8. The number of piperidine rings is 2. The SMILES string of the molecule is CCN(CC)c1ccc(N=Nc2nc(N3CCCCC3)c(C=C(C(C)=O)C(=O)Nc3cccc(S(=O)(=O)O)c3)s2)c(Nc2nc(Nc3cc(N(CC)CC)ccc3N=Nc3nc(N4CCCCC4)c(C=C(C(C)=O)C(=O)Nc4cccc(S(=O)(=O)O)c4)s3)nc(SC3CCCCC3)n2)c1. The van der Waals surface area contributed by atoms with E-state index < -0.39 is 53.4 Å². The second-order valence-electron chi connectivity index (χ2n) is 23.6. The van der Waals surface area contributed by atoms with Crippen LogP contribution < -0.4 is 40.9 Å². The first-order valence-corrected chi connectivity index (χ1v) is 38.3. The molecule has 7 aromatic rings. The van der Waals surface area contributed by atoms with Crippen molar-refractivity contribution in [1.29, 1.82) is 0 Å². The molecule has 2 saturated heterocycles. The Kier molecular flexibility index (Phi) is 24.5. The van der Waals surface area contributed by atoms with E-state index in [0.717, 1.165) is 117 Å². The number of thiazole rings is 2. The number of rotatable bonds is 28. The van der Waals surface area contributed by atoms with Crippen LogP contribution in [0.1, 0.15) is 122 Å². The number of nitrogens with one attached hydrogen (secondary N) is 4. The van der Waals surface area contributed by atoms with Crippen LogP contribution in [0.25, 0.3) is 12.2 Å². The van der Waals surface area contributed by atoms with Gasteiger partial charge >= 0.3 is 0 Å². The van der Waals surface area contributed by atoms with Gasteiger partial charge in [0.05, 0.1) is 42.1 Å². The molecular formula is C67H79N17O10S5. The van der Waals surface area contributed by atoms with E-state index in [1.165, 1.54) is 62.4 Å². The molecule has 1 aliphatic carbocycles. The summed E-state index contributed by atoms with van der Waals surface area (Å²) < 4.78 is 67.0. The molecule has 3 aliphatic rings. The molecule has 3 fully saturated rings. The van der Waals surface area contributed by atoms with Crippen LogP contribution in [-0.4, -0.2) is 132 Å². The molecule has 10 rings (SSSR count). The van der Waals surface area contributed by atoms with Gasteiger partial charge in [0.25, 0.3) is 32.1 Å². The fourth-order valence-corrected chi connectivity index (χ4v) is 15.5. The van der Waals surface area contributed by atoms with E-state index in [9.17, 15) is 45.1 Å². The first-order valence-electron chi connectivity index (χ1n) is 32.9. The van der Waals surface area contributed by atoms with Gasteiger partial charge in [-0.25, -0.2) is 0 Å². The van der Waals surface area contributed by atoms with Crippen LogP contribution in [0.4, 0.5) is 79.3 Å². The highest BCUT2D eigenvalue weighted by molar-refractivity contribution is 7.99. The minimum absolute atomic E-state index is 0.0533. The highest BCUT2D eigenvalue weighted by Gasteiger charge is 2.27. The number of anilines is 10. The van der Waals surface area contributed by atoms with Crippen LogP contribution >= 0.6 is 34.4 Å². The van der Waals surface area contributed by atoms with Crippen molar-refractivity contribution >= 4 is 169 Å². The van der Waals surface area contributed by atoms with Gasteiger partial charge in [-0.1, -0.05) is 65.8 Å². The van der Waals surface area contributed by atoms with E-state index >= 15 is 0 Å². The second-order valence-corrected chi connectivity index (χ2v) is 29.8. The van der Waals surface area contributed by atoms with Gasteiger partial charge < -0.3 is 40.9 Å². The molecule has 2 aliphatic heterocycles. The topological polar surface area (TPSA) is 352 Å². The van der Waals surface area contributed by atoms with Gasteiger partial charge in [-0.05, 0) is 178 Å². The van der Waals surface area contributed by atoms with Crippen molar-refractivity contribution in [3.05, 3.63) is 106 Å². The summed E-state index contributed by atoms with van der Waals surface area (Å²) in [6, 6.07) is 21.7. The number of aromatic nitrogens is 5. The molecule has 0 atom stereocenters. The van der Waals surface area contributed by atoms with Crippen LogP contribution in [-0.2, 0) is 39.4 Å². The van der Waals surface area contributed by atoms with Gasteiger partial charge in [0, 0.05) is 80.4 Å². The fraction of sp³-hybridized carbons (Fsp3) is 0.388. The number of Topliss-reactive ketones (excluding diaryl/α,β-unsaturated/α-hetero) is 2. The number of thioether (sulfide) groups is 1. The predicted octanol–water partition coefficient (Wildman–Crippen LogP) is 14.9. The molecule has 0 unspecified atom stereocenters. The predicted molar refractivity (Wildman–Crippen MR) is 391 cm³/mol. The molecule has 3 aromatic heterocycles. The summed E-state index contributed by atoms with van der Waals surface area (Å²) in [6.45, 7) is 16.3. The Balaban J connectivity index is 1.00. The lowest BCUT2D eigenvalue weighted by atomic mass is 10.0. The van der Waals surface area contributed by atoms with Crippen molar-refractivity contribution in [1.82, 2.24) is 24.9 Å². The Hall–Kier alpha value is -8.92. The molecule has 0 spiro atoms. The molecular weight excluding hydrogens is 1360 g/mol. The zero-order chi connectivity index (χ0) is 70.4. The van der Waals surface area contributed by atoms with E-state index in [-0.39, 0.29) is 49.9 Å². The lowest BCUT2D eigenvalue weighted by molar-refractivity contribution is -0.120. The Morgan fingerprint density at radius 1 is 0.545 bits per heavy atom. The summed E-state index contributed by atoms with van der Waals surface area (Å²) in [5.74, 6) is -1.25. The van der Waals surface area contributed by atoms with Crippen LogP contribution in [0.15, 0.2) is 131 Å². The van der Waals surface area contributed by atoms with Crippen molar-refractivity contribution < 1.29 is 45.1 Å². The van der Waals surface area contributed by atoms with Crippen molar-refractivity contribution in [2.45, 2.75) is 132 Å². The molecule has 1 saturated carbocycles. The number of ketones is 2. The number of nitrogens with zero attached hydrogens (tertiary/aromatic N) is 13. The van der Waals surface area contributed by atoms with Gasteiger partial charge in [-0.15, -0.1) is 20.5 Å². The van der Waals surface area contributed by atoms with Crippen LogP contribution in [0.2, 0.25) is 0 Å². The van der Waals surface area contributed by atoms with Gasteiger partial charge in [0.15, 0.2) is 16.7 Å². The molecule has 6 N–H and O–H groups in total. The van der Waals surface area contributed by atoms with Crippen LogP contribution in [0.3, 0.4) is 0 Å². The van der Waals surface area contributed by atoms with Gasteiger partial charge in [0.2, 0.25) is 22.2 Å². The highest BCUT2D eigenvalue weighted by atomic mass is 32.2. The van der Waals surface area contributed by atoms with Crippen molar-refractivity contribution in [2.75, 3.05) is 93.2 Å². The summed E-state index contributed by atoms with van der Waals surface area (Å²) >= 11 is 3.87. The molecule has 4 aromatic carbocycles. The van der Waals surface area contributed by atoms with Crippen molar-refractivity contribution in [3.63, 3.8) is 0 Å². The summed E-state index contributed by atoms with van der Waals surface area (Å²) in [6.07, 6.45) is 13.9. The number of carbonyl (C=O) groups excluding carboxylic acids is 4. The third-order valence-electron chi connectivity index (χ3n) is 16.8. The van der Waals surface area contributed by atoms with Crippen molar-refractivity contribution in [2.24, 2.45) is 20.5 Å². The highest BCUT2D eigenvalue weighted by Crippen LogP contribution is 2.42. The average molecular weight is 1440 g/mol. The number of amides is 2. The van der Waals surface area contributed by atoms with Gasteiger partial charge in [0.1, 0.15) is 23.0 Å². The minimum Gasteiger partial charge on any atom is -0.372 e. The summed E-state index contributed by atoms with van der Waals surface area (Å²) in [4.78, 5) is 87.8. The normalized spacial score (nSPS) is 15.2. The van der Waals surface area contributed by atoms with Crippen molar-refractivity contribution in [3.8, 4) is 0 Å².